The van der Waals surface area contributed by atoms with E-state index in [1.807, 2.05) is 54.3 Å². The van der Waals surface area contributed by atoms with E-state index in [2.05, 4.69) is 11.4 Å². The van der Waals surface area contributed by atoms with Crippen molar-refractivity contribution in [2.24, 2.45) is 0 Å². The van der Waals surface area contributed by atoms with Crippen LogP contribution in [0, 0.1) is 0 Å². The number of benzene rings is 2. The lowest BCUT2D eigenvalue weighted by molar-refractivity contribution is -0.120. The first-order chi connectivity index (χ1) is 11.2. The molecule has 0 saturated carbocycles. The molecule has 0 aromatic heterocycles. The van der Waals surface area contributed by atoms with Crippen LogP contribution in [0.1, 0.15) is 34.8 Å². The molecule has 4 heteroatoms. The van der Waals surface area contributed by atoms with Crippen LogP contribution in [0.3, 0.4) is 0 Å². The van der Waals surface area contributed by atoms with Crippen LogP contribution in [0.4, 0.5) is 5.69 Å². The topological polar surface area (TPSA) is 49.4 Å². The maximum absolute atomic E-state index is 12.6. The molecule has 23 heavy (non-hydrogen) atoms. The second-order valence-corrected chi connectivity index (χ2v) is 5.67. The van der Waals surface area contributed by atoms with Crippen LogP contribution >= 0.6 is 0 Å². The second kappa shape index (κ2) is 6.65. The number of amides is 2. The summed E-state index contributed by atoms with van der Waals surface area (Å²) < 4.78 is 0. The summed E-state index contributed by atoms with van der Waals surface area (Å²) in [7, 11) is 0. The number of nitrogens with zero attached hydrogens (tertiary/aromatic N) is 1. The molecular weight excluding hydrogens is 288 g/mol. The summed E-state index contributed by atoms with van der Waals surface area (Å²) in [5.41, 5.74) is 3.92. The maximum atomic E-state index is 12.6. The molecule has 0 saturated heterocycles. The molecule has 1 aliphatic heterocycles. The molecule has 2 aromatic carbocycles. The number of rotatable bonds is 4. The second-order valence-electron chi connectivity index (χ2n) is 5.67. The Hall–Kier alpha value is -2.62. The average Bonchev–Trinajstić information content (AvgIpc) is 3.02. The summed E-state index contributed by atoms with van der Waals surface area (Å²) >= 11 is 0. The summed E-state index contributed by atoms with van der Waals surface area (Å²) in [6, 6.07) is 15.4. The lowest BCUT2D eigenvalue weighted by Gasteiger charge is -2.17. The molecule has 4 nitrogen and oxygen atoms in total. The third kappa shape index (κ3) is 3.26. The van der Waals surface area contributed by atoms with E-state index in [4.69, 9.17) is 0 Å². The van der Waals surface area contributed by atoms with E-state index in [1.54, 1.807) is 0 Å². The quantitative estimate of drug-likeness (QED) is 0.944. The summed E-state index contributed by atoms with van der Waals surface area (Å²) in [5, 5.41) is 2.88. The van der Waals surface area contributed by atoms with E-state index in [9.17, 15) is 9.59 Å². The molecule has 0 radical (unpaired) electrons. The van der Waals surface area contributed by atoms with Crippen molar-refractivity contribution in [3.05, 3.63) is 65.2 Å². The van der Waals surface area contributed by atoms with Gasteiger partial charge in [-0.3, -0.25) is 9.59 Å². The predicted octanol–water partition coefficient (Wildman–Crippen LogP) is 2.92. The van der Waals surface area contributed by atoms with Gasteiger partial charge in [-0.15, -0.1) is 0 Å². The van der Waals surface area contributed by atoms with Crippen LogP contribution in [0.25, 0.3) is 0 Å². The molecule has 0 unspecified atom stereocenters. The summed E-state index contributed by atoms with van der Waals surface area (Å²) in [6.45, 7) is 3.07. The highest BCUT2D eigenvalue weighted by atomic mass is 16.2. The molecule has 2 aromatic rings. The van der Waals surface area contributed by atoms with Gasteiger partial charge in [-0.25, -0.2) is 0 Å². The molecule has 118 valence electrons. The van der Waals surface area contributed by atoms with Gasteiger partial charge in [-0.1, -0.05) is 37.3 Å². The van der Waals surface area contributed by atoms with Crippen molar-refractivity contribution in [1.29, 1.82) is 0 Å². The van der Waals surface area contributed by atoms with Gasteiger partial charge in [0.15, 0.2) is 0 Å². The molecular formula is C19H20N2O2. The lowest BCUT2D eigenvalue weighted by Crippen LogP contribution is -2.28. The van der Waals surface area contributed by atoms with E-state index in [0.29, 0.717) is 25.1 Å². The van der Waals surface area contributed by atoms with Crippen LogP contribution < -0.4 is 10.2 Å². The third-order valence-corrected chi connectivity index (χ3v) is 4.12. The molecule has 0 spiro atoms. The van der Waals surface area contributed by atoms with Gasteiger partial charge in [0.2, 0.25) is 5.91 Å². The number of hydrogen-bond acceptors (Lipinski definition) is 2. The van der Waals surface area contributed by atoms with Gasteiger partial charge in [0.25, 0.3) is 5.91 Å². The highest BCUT2D eigenvalue weighted by Gasteiger charge is 2.25. The Morgan fingerprint density at radius 1 is 1.13 bits per heavy atom. The van der Waals surface area contributed by atoms with Crippen molar-refractivity contribution in [1.82, 2.24) is 5.32 Å². The largest absolute Gasteiger partial charge is 0.352 e. The monoisotopic (exact) mass is 308 g/mol. The van der Waals surface area contributed by atoms with Gasteiger partial charge in [-0.2, -0.15) is 0 Å². The lowest BCUT2D eigenvalue weighted by atomic mass is 10.1. The van der Waals surface area contributed by atoms with E-state index in [1.165, 1.54) is 0 Å². The molecule has 0 fully saturated rings. The Morgan fingerprint density at radius 2 is 1.91 bits per heavy atom. The Morgan fingerprint density at radius 3 is 2.65 bits per heavy atom. The molecule has 0 aliphatic carbocycles. The Kier molecular flexibility index (Phi) is 4.42. The number of hydrogen-bond donors (Lipinski definition) is 1. The van der Waals surface area contributed by atoms with Crippen LogP contribution in [0.15, 0.2) is 48.5 Å². The van der Waals surface area contributed by atoms with Crippen molar-refractivity contribution in [3.8, 4) is 0 Å². The fraction of sp³-hybridized carbons (Fsp3) is 0.263. The zero-order valence-electron chi connectivity index (χ0n) is 13.2. The average molecular weight is 308 g/mol. The number of carbonyl (C=O) groups excluding carboxylic acids is 2. The summed E-state index contributed by atoms with van der Waals surface area (Å²) in [6.07, 6.45) is 1.34. The minimum Gasteiger partial charge on any atom is -0.352 e. The van der Waals surface area contributed by atoms with Gasteiger partial charge in [0.1, 0.15) is 0 Å². The van der Waals surface area contributed by atoms with E-state index in [0.717, 1.165) is 23.2 Å². The fourth-order valence-electron chi connectivity index (χ4n) is 2.84. The molecule has 1 aliphatic rings. The minimum absolute atomic E-state index is 0.0383. The Balaban J connectivity index is 1.76. The van der Waals surface area contributed by atoms with Crippen molar-refractivity contribution in [2.45, 2.75) is 26.3 Å². The van der Waals surface area contributed by atoms with Gasteiger partial charge in [0, 0.05) is 30.8 Å². The fourth-order valence-corrected chi connectivity index (χ4v) is 2.84. The van der Waals surface area contributed by atoms with Crippen molar-refractivity contribution >= 4 is 17.5 Å². The third-order valence-electron chi connectivity index (χ3n) is 4.12. The predicted molar refractivity (Wildman–Crippen MR) is 90.4 cm³/mol. The SMILES string of the molecule is CCC(=O)NCc1ccc2c(c1)CCN2C(=O)c1ccccc1. The molecule has 3 rings (SSSR count). The maximum Gasteiger partial charge on any atom is 0.258 e. The number of anilines is 1. The van der Waals surface area contributed by atoms with Crippen LogP contribution in [-0.2, 0) is 17.8 Å². The zero-order valence-corrected chi connectivity index (χ0v) is 13.2. The highest BCUT2D eigenvalue weighted by Crippen LogP contribution is 2.30. The highest BCUT2D eigenvalue weighted by molar-refractivity contribution is 6.07. The van der Waals surface area contributed by atoms with Gasteiger partial charge in [-0.05, 0) is 35.7 Å². The smallest absolute Gasteiger partial charge is 0.258 e. The molecule has 1 heterocycles. The van der Waals surface area contributed by atoms with Gasteiger partial charge < -0.3 is 10.2 Å². The number of fused-ring (bicyclic) bond motifs is 1. The van der Waals surface area contributed by atoms with Crippen molar-refractivity contribution < 1.29 is 9.59 Å². The van der Waals surface area contributed by atoms with Crippen LogP contribution in [0.5, 0.6) is 0 Å². The number of nitrogens with one attached hydrogen (secondary N) is 1. The first-order valence-electron chi connectivity index (χ1n) is 7.94. The van der Waals surface area contributed by atoms with Gasteiger partial charge >= 0.3 is 0 Å². The first kappa shape index (κ1) is 15.3. The Bertz CT molecular complexity index is 725. The van der Waals surface area contributed by atoms with Crippen LogP contribution in [0.2, 0.25) is 0 Å². The van der Waals surface area contributed by atoms with Crippen molar-refractivity contribution in [3.63, 3.8) is 0 Å². The zero-order chi connectivity index (χ0) is 16.2. The molecule has 0 bridgehead atoms. The first-order valence-corrected chi connectivity index (χ1v) is 7.94. The van der Waals surface area contributed by atoms with E-state index >= 15 is 0 Å². The number of carbonyl (C=O) groups is 2. The standard InChI is InChI=1S/C19H20N2O2/c1-2-18(22)20-13-14-8-9-17-16(12-14)10-11-21(17)19(23)15-6-4-3-5-7-15/h3-9,12H,2,10-11,13H2,1H3,(H,20,22). The Labute approximate surface area is 136 Å². The minimum atomic E-state index is 0.0383. The van der Waals surface area contributed by atoms with Crippen molar-refractivity contribution in [2.75, 3.05) is 11.4 Å². The molecule has 0 atom stereocenters. The van der Waals surface area contributed by atoms with E-state index in [-0.39, 0.29) is 11.8 Å². The summed E-state index contributed by atoms with van der Waals surface area (Å²) in [5.74, 6) is 0.0859. The normalized spacial score (nSPS) is 12.8. The molecule has 1 N–H and O–H groups in total. The van der Waals surface area contributed by atoms with Crippen LogP contribution in [-0.4, -0.2) is 18.4 Å². The van der Waals surface area contributed by atoms with E-state index < -0.39 is 0 Å². The van der Waals surface area contributed by atoms with Gasteiger partial charge in [0.05, 0.1) is 0 Å². The summed E-state index contributed by atoms with van der Waals surface area (Å²) in [4.78, 5) is 25.8. The molecule has 2 amide bonds.